The highest BCUT2D eigenvalue weighted by molar-refractivity contribution is 7.80. The molecule has 0 atom stereocenters. The molecule has 1 N–H and O–H groups in total. The first-order valence-corrected chi connectivity index (χ1v) is 12.5. The SMILES string of the molecule is CCCCCCCCCCCOS(=O)(=O)O.CCCCCCCCN(C)C. The molecule has 0 rings (SSSR count). The van der Waals surface area contributed by atoms with Crippen molar-refractivity contribution in [3.05, 3.63) is 0 Å². The van der Waals surface area contributed by atoms with Gasteiger partial charge >= 0.3 is 10.4 Å². The quantitative estimate of drug-likeness (QED) is 0.214. The second kappa shape index (κ2) is 22.1. The Morgan fingerprint density at radius 2 is 1.04 bits per heavy atom. The van der Waals surface area contributed by atoms with Crippen molar-refractivity contribution in [1.29, 1.82) is 0 Å². The van der Waals surface area contributed by atoms with Crippen molar-refractivity contribution in [3.8, 4) is 0 Å². The van der Waals surface area contributed by atoms with Gasteiger partial charge in [-0.15, -0.1) is 0 Å². The normalized spacial score (nSPS) is 11.5. The van der Waals surface area contributed by atoms with E-state index < -0.39 is 10.4 Å². The molecule has 6 heteroatoms. The second-order valence-electron chi connectivity index (χ2n) is 7.65. The third-order valence-corrected chi connectivity index (χ3v) is 4.90. The number of hydrogen-bond donors (Lipinski definition) is 1. The maximum atomic E-state index is 10.2. The predicted molar refractivity (Wildman–Crippen MR) is 117 cm³/mol. The smallest absolute Gasteiger partial charge is 0.309 e. The van der Waals surface area contributed by atoms with Crippen molar-refractivity contribution in [3.63, 3.8) is 0 Å². The first-order valence-electron chi connectivity index (χ1n) is 11.1. The van der Waals surface area contributed by atoms with Crippen LogP contribution in [0, 0.1) is 0 Å². The fourth-order valence-electron chi connectivity index (χ4n) is 2.79. The minimum Gasteiger partial charge on any atom is -0.309 e. The summed E-state index contributed by atoms with van der Waals surface area (Å²) in [6.07, 6.45) is 18.9. The predicted octanol–water partition coefficient (Wildman–Crippen LogP) is 6.25. The monoisotopic (exact) mass is 409 g/mol. The molecule has 0 saturated carbocycles. The van der Waals surface area contributed by atoms with E-state index in [9.17, 15) is 8.42 Å². The molecule has 0 heterocycles. The Labute approximate surface area is 170 Å². The molecule has 0 aromatic heterocycles. The molecule has 0 spiro atoms. The molecule has 27 heavy (non-hydrogen) atoms. The number of unbranched alkanes of at least 4 members (excludes halogenated alkanes) is 13. The summed E-state index contributed by atoms with van der Waals surface area (Å²) in [6.45, 7) is 5.82. The highest BCUT2D eigenvalue weighted by atomic mass is 32.3. The van der Waals surface area contributed by atoms with Gasteiger partial charge in [-0.2, -0.15) is 8.42 Å². The molecule has 5 nitrogen and oxygen atoms in total. The highest BCUT2D eigenvalue weighted by Gasteiger charge is 2.02. The lowest BCUT2D eigenvalue weighted by Crippen LogP contribution is -2.12. The van der Waals surface area contributed by atoms with Crippen molar-refractivity contribution in [2.45, 2.75) is 110 Å². The van der Waals surface area contributed by atoms with E-state index in [1.165, 1.54) is 83.6 Å². The Bertz CT molecular complexity index is 372. The molecule has 0 aromatic rings. The molecule has 0 fully saturated rings. The maximum absolute atomic E-state index is 10.2. The van der Waals surface area contributed by atoms with E-state index in [2.05, 4.69) is 37.0 Å². The van der Waals surface area contributed by atoms with Gasteiger partial charge in [-0.3, -0.25) is 4.55 Å². The largest absolute Gasteiger partial charge is 0.397 e. The van der Waals surface area contributed by atoms with Gasteiger partial charge in [0.2, 0.25) is 0 Å². The van der Waals surface area contributed by atoms with Crippen LogP contribution in [0.3, 0.4) is 0 Å². The molecule has 0 aliphatic rings. The summed E-state index contributed by atoms with van der Waals surface area (Å²) in [6, 6.07) is 0. The summed E-state index contributed by atoms with van der Waals surface area (Å²) in [5.74, 6) is 0. The standard InChI is InChI=1S/C11H24O4S.C10H23N/c1-2-3-4-5-6-7-8-9-10-11-15-16(12,13)14;1-4-5-6-7-8-9-10-11(2)3/h2-11H2,1H3,(H,12,13,14);4-10H2,1-3H3. The Balaban J connectivity index is 0. The Morgan fingerprint density at radius 3 is 1.41 bits per heavy atom. The van der Waals surface area contributed by atoms with Gasteiger partial charge in [-0.1, -0.05) is 97.3 Å². The summed E-state index contributed by atoms with van der Waals surface area (Å²) in [7, 11) is 0.0580. The molecule has 0 bridgehead atoms. The van der Waals surface area contributed by atoms with Crippen LogP contribution in [0.25, 0.3) is 0 Å². The van der Waals surface area contributed by atoms with Crippen molar-refractivity contribution in [1.82, 2.24) is 4.90 Å². The van der Waals surface area contributed by atoms with Crippen LogP contribution in [0.15, 0.2) is 0 Å². The molecule has 0 saturated heterocycles. The van der Waals surface area contributed by atoms with Gasteiger partial charge in [0.15, 0.2) is 0 Å². The van der Waals surface area contributed by atoms with Crippen LogP contribution in [-0.2, 0) is 14.6 Å². The summed E-state index contributed by atoms with van der Waals surface area (Å²) < 4.78 is 32.9. The van der Waals surface area contributed by atoms with Gasteiger partial charge < -0.3 is 4.90 Å². The van der Waals surface area contributed by atoms with Gasteiger partial charge in [0.25, 0.3) is 0 Å². The summed E-state index contributed by atoms with van der Waals surface area (Å²) in [4.78, 5) is 2.26. The van der Waals surface area contributed by atoms with Crippen LogP contribution < -0.4 is 0 Å². The van der Waals surface area contributed by atoms with Gasteiger partial charge in [-0.05, 0) is 33.5 Å². The zero-order valence-corrected chi connectivity index (χ0v) is 19.4. The molecule has 0 unspecified atom stereocenters. The van der Waals surface area contributed by atoms with E-state index in [0.717, 1.165) is 12.8 Å². The number of hydrogen-bond acceptors (Lipinski definition) is 4. The minimum absolute atomic E-state index is 0.0919. The lowest BCUT2D eigenvalue weighted by molar-refractivity contribution is 0.261. The van der Waals surface area contributed by atoms with E-state index in [1.807, 2.05) is 0 Å². The van der Waals surface area contributed by atoms with Crippen LogP contribution >= 0.6 is 0 Å². The van der Waals surface area contributed by atoms with E-state index in [-0.39, 0.29) is 6.61 Å². The Kier molecular flexibility index (Phi) is 23.8. The van der Waals surface area contributed by atoms with Crippen molar-refractivity contribution in [2.24, 2.45) is 0 Å². The molecule has 0 radical (unpaired) electrons. The molecular weight excluding hydrogens is 362 g/mol. The lowest BCUT2D eigenvalue weighted by atomic mass is 10.1. The van der Waals surface area contributed by atoms with E-state index in [4.69, 9.17) is 4.55 Å². The summed E-state index contributed by atoms with van der Waals surface area (Å²) >= 11 is 0. The average molecular weight is 410 g/mol. The first kappa shape index (κ1) is 29.0. The van der Waals surface area contributed by atoms with Crippen LogP contribution in [0.2, 0.25) is 0 Å². The minimum atomic E-state index is -4.23. The van der Waals surface area contributed by atoms with Crippen molar-refractivity contribution >= 4 is 10.4 Å². The second-order valence-corrected chi connectivity index (χ2v) is 8.74. The Morgan fingerprint density at radius 1 is 0.667 bits per heavy atom. The van der Waals surface area contributed by atoms with Crippen LogP contribution in [0.1, 0.15) is 110 Å². The molecule has 0 aliphatic carbocycles. The van der Waals surface area contributed by atoms with Gasteiger partial charge in [0.05, 0.1) is 6.61 Å². The number of rotatable bonds is 18. The zero-order chi connectivity index (χ0) is 20.8. The summed E-state index contributed by atoms with van der Waals surface area (Å²) in [5, 5.41) is 0. The zero-order valence-electron chi connectivity index (χ0n) is 18.5. The van der Waals surface area contributed by atoms with E-state index in [0.29, 0.717) is 6.42 Å². The Hall–Kier alpha value is -0.170. The molecule has 0 aromatic carbocycles. The van der Waals surface area contributed by atoms with E-state index in [1.54, 1.807) is 0 Å². The van der Waals surface area contributed by atoms with Gasteiger partial charge in [-0.25, -0.2) is 4.18 Å². The molecule has 0 amide bonds. The molecular formula is C21H47NO4S. The van der Waals surface area contributed by atoms with Crippen LogP contribution in [0.4, 0.5) is 0 Å². The maximum Gasteiger partial charge on any atom is 0.397 e. The fourth-order valence-corrected chi connectivity index (χ4v) is 3.11. The topological polar surface area (TPSA) is 66.8 Å². The summed E-state index contributed by atoms with van der Waals surface area (Å²) in [5.41, 5.74) is 0. The molecule has 166 valence electrons. The van der Waals surface area contributed by atoms with Crippen LogP contribution in [-0.4, -0.2) is 45.1 Å². The first-order chi connectivity index (χ1) is 12.8. The third-order valence-electron chi connectivity index (χ3n) is 4.44. The third kappa shape index (κ3) is 33.8. The van der Waals surface area contributed by atoms with Crippen molar-refractivity contribution in [2.75, 3.05) is 27.2 Å². The van der Waals surface area contributed by atoms with Crippen molar-refractivity contribution < 1.29 is 17.2 Å². The molecule has 0 aliphatic heterocycles. The van der Waals surface area contributed by atoms with E-state index >= 15 is 0 Å². The average Bonchev–Trinajstić information content (AvgIpc) is 2.59. The highest BCUT2D eigenvalue weighted by Crippen LogP contribution is 2.09. The fraction of sp³-hybridized carbons (Fsp3) is 1.00. The van der Waals surface area contributed by atoms with Gasteiger partial charge in [0.1, 0.15) is 0 Å². The number of nitrogens with zero attached hydrogens (tertiary/aromatic N) is 1. The van der Waals surface area contributed by atoms with Crippen LogP contribution in [0.5, 0.6) is 0 Å². The van der Waals surface area contributed by atoms with Gasteiger partial charge in [0, 0.05) is 0 Å². The lowest BCUT2D eigenvalue weighted by Gasteiger charge is -2.08.